The van der Waals surface area contributed by atoms with Crippen LogP contribution in [0.15, 0.2) is 71.8 Å². The minimum Gasteiger partial charge on any atom is -0.453 e. The van der Waals surface area contributed by atoms with E-state index in [4.69, 9.17) is 10.5 Å². The molecule has 0 unspecified atom stereocenters. The number of carbonyl (C=O) groups excluding carboxylic acids is 2. The number of amides is 2. The summed E-state index contributed by atoms with van der Waals surface area (Å²) in [6.07, 6.45) is 3.21. The summed E-state index contributed by atoms with van der Waals surface area (Å²) in [5.74, 6) is -0.306. The highest BCUT2D eigenvalue weighted by Crippen LogP contribution is 2.39. The van der Waals surface area contributed by atoms with E-state index < -0.39 is 18.0 Å². The molecule has 0 aliphatic carbocycles. The Labute approximate surface area is 243 Å². The number of benzene rings is 3. The average molecular weight is 574 g/mol. The molecular formula is C31H32FN5O3S. The lowest BCUT2D eigenvalue weighted by atomic mass is 9.98. The summed E-state index contributed by atoms with van der Waals surface area (Å²) in [6, 6.07) is 16.3. The summed E-state index contributed by atoms with van der Waals surface area (Å²) < 4.78 is 20.1. The fourth-order valence-corrected chi connectivity index (χ4v) is 5.64. The second-order valence-electron chi connectivity index (χ2n) is 10.00. The second kappa shape index (κ2) is 12.1. The van der Waals surface area contributed by atoms with Crippen LogP contribution < -0.4 is 16.4 Å². The maximum atomic E-state index is 15.4. The van der Waals surface area contributed by atoms with Gasteiger partial charge < -0.3 is 20.7 Å². The summed E-state index contributed by atoms with van der Waals surface area (Å²) in [6.45, 7) is 2.49. The second-order valence-corrected chi connectivity index (χ2v) is 10.5. The predicted octanol–water partition coefficient (Wildman–Crippen LogP) is 6.50. The van der Waals surface area contributed by atoms with E-state index in [1.165, 1.54) is 13.2 Å². The largest absolute Gasteiger partial charge is 0.453 e. The number of hydrogen-bond acceptors (Lipinski definition) is 7. The third kappa shape index (κ3) is 5.92. The Bertz CT molecular complexity index is 1610. The number of thiol groups is 1. The first kappa shape index (κ1) is 28.2. The normalized spacial score (nSPS) is 15.5. The number of rotatable bonds is 7. The van der Waals surface area contributed by atoms with E-state index in [9.17, 15) is 9.59 Å². The van der Waals surface area contributed by atoms with Gasteiger partial charge >= 0.3 is 6.09 Å². The predicted molar refractivity (Wildman–Crippen MR) is 162 cm³/mol. The highest BCUT2D eigenvalue weighted by Gasteiger charge is 2.37. The Morgan fingerprint density at radius 1 is 1.15 bits per heavy atom. The Balaban J connectivity index is 1.53. The van der Waals surface area contributed by atoms with Crippen molar-refractivity contribution in [2.24, 2.45) is 0 Å². The number of fused-ring (bicyclic) bond motifs is 1. The fraction of sp³-hybridized carbons (Fsp3) is 0.258. The lowest BCUT2D eigenvalue weighted by Gasteiger charge is -2.31. The van der Waals surface area contributed by atoms with Crippen LogP contribution >= 0.6 is 12.6 Å². The molecule has 0 radical (unpaired) electrons. The molecule has 0 saturated carbocycles. The van der Waals surface area contributed by atoms with Crippen LogP contribution in [0.2, 0.25) is 0 Å². The van der Waals surface area contributed by atoms with Gasteiger partial charge in [-0.25, -0.2) is 14.2 Å². The SMILES string of the molecule is CCc1ccc(F)c([C@@H](Nc2ccc3c(N)nccc3c2)C(=O)N2CCC[C@@H]2c2cc(NC(=O)OC)ccc2S)c1. The molecule has 4 aromatic rings. The maximum absolute atomic E-state index is 15.4. The van der Waals surface area contributed by atoms with Gasteiger partial charge in [0.05, 0.1) is 13.2 Å². The highest BCUT2D eigenvalue weighted by atomic mass is 32.1. The maximum Gasteiger partial charge on any atom is 0.411 e. The van der Waals surface area contributed by atoms with Gasteiger partial charge in [0.2, 0.25) is 5.91 Å². The summed E-state index contributed by atoms with van der Waals surface area (Å²) in [7, 11) is 1.29. The lowest BCUT2D eigenvalue weighted by molar-refractivity contribution is -0.133. The number of nitrogens with zero attached hydrogens (tertiary/aromatic N) is 2. The zero-order valence-electron chi connectivity index (χ0n) is 22.9. The molecule has 2 atom stereocenters. The number of nitrogens with one attached hydrogen (secondary N) is 2. The molecule has 3 aromatic carbocycles. The van der Waals surface area contributed by atoms with Crippen LogP contribution in [0.4, 0.5) is 26.4 Å². The Hall–Kier alpha value is -4.31. The molecule has 8 nitrogen and oxygen atoms in total. The van der Waals surface area contributed by atoms with E-state index in [0.29, 0.717) is 41.5 Å². The number of anilines is 3. The molecule has 2 amide bonds. The number of ether oxygens (including phenoxy) is 1. The van der Waals surface area contributed by atoms with Gasteiger partial charge in [0.1, 0.15) is 17.7 Å². The third-order valence-corrected chi connectivity index (χ3v) is 7.89. The lowest BCUT2D eigenvalue weighted by Crippen LogP contribution is -2.38. The molecule has 4 N–H and O–H groups in total. The number of halogens is 1. The number of pyridine rings is 1. The van der Waals surface area contributed by atoms with Crippen LogP contribution in [-0.2, 0) is 16.0 Å². The summed E-state index contributed by atoms with van der Waals surface area (Å²) in [4.78, 5) is 32.8. The minimum atomic E-state index is -0.988. The van der Waals surface area contributed by atoms with Crippen molar-refractivity contribution in [3.05, 3.63) is 89.4 Å². The Morgan fingerprint density at radius 2 is 1.95 bits per heavy atom. The number of carbonyl (C=O) groups is 2. The van der Waals surface area contributed by atoms with Crippen molar-refractivity contribution < 1.29 is 18.7 Å². The van der Waals surface area contributed by atoms with Crippen LogP contribution in [0, 0.1) is 5.82 Å². The molecule has 5 rings (SSSR count). The summed E-state index contributed by atoms with van der Waals surface area (Å²) in [5, 5.41) is 7.64. The molecule has 0 spiro atoms. The molecule has 0 bridgehead atoms. The van der Waals surface area contributed by atoms with E-state index in [2.05, 4.69) is 28.2 Å². The van der Waals surface area contributed by atoms with Gasteiger partial charge in [-0.1, -0.05) is 19.1 Å². The van der Waals surface area contributed by atoms with Crippen molar-refractivity contribution in [1.29, 1.82) is 0 Å². The quantitative estimate of drug-likeness (QED) is 0.188. The van der Waals surface area contributed by atoms with Gasteiger partial charge in [0.25, 0.3) is 0 Å². The standard InChI is InChI=1S/C31H32FN5O3S/c1-3-18-6-10-25(32)23(15-18)28(35-20-7-9-22-19(16-20)12-13-34-29(22)33)30(38)37-14-4-5-26(37)24-17-21(8-11-27(24)41)36-31(39)40-2/h6-13,15-17,26,28,35,41H,3-5,14H2,1-2H3,(H2,33,34)(H,36,39)/t26-,28-/m1/s1. The van der Waals surface area contributed by atoms with Gasteiger partial charge in [-0.2, -0.15) is 0 Å². The average Bonchev–Trinajstić information content (AvgIpc) is 3.47. The number of aryl methyl sites for hydroxylation is 1. The van der Waals surface area contributed by atoms with Crippen LogP contribution in [0.1, 0.15) is 48.5 Å². The van der Waals surface area contributed by atoms with Crippen LogP contribution in [0.3, 0.4) is 0 Å². The van der Waals surface area contributed by atoms with Crippen LogP contribution in [-0.4, -0.2) is 35.5 Å². The first-order valence-corrected chi connectivity index (χ1v) is 13.9. The Morgan fingerprint density at radius 3 is 2.73 bits per heavy atom. The van der Waals surface area contributed by atoms with Crippen LogP contribution in [0.5, 0.6) is 0 Å². The van der Waals surface area contributed by atoms with Crippen LogP contribution in [0.25, 0.3) is 10.8 Å². The molecule has 1 fully saturated rings. The zero-order valence-corrected chi connectivity index (χ0v) is 23.8. The van der Waals surface area contributed by atoms with E-state index in [1.807, 2.05) is 31.2 Å². The topological polar surface area (TPSA) is 110 Å². The molecule has 1 aromatic heterocycles. The van der Waals surface area contributed by atoms with Crippen molar-refractivity contribution in [2.45, 2.75) is 43.2 Å². The molecular weight excluding hydrogens is 541 g/mol. The van der Waals surface area contributed by atoms with E-state index in [-0.39, 0.29) is 17.5 Å². The van der Waals surface area contributed by atoms with E-state index in [0.717, 1.165) is 28.3 Å². The first-order valence-electron chi connectivity index (χ1n) is 13.5. The number of nitrogens with two attached hydrogens (primary N) is 1. The molecule has 2 heterocycles. The van der Waals surface area contributed by atoms with Gasteiger partial charge in [0, 0.05) is 40.0 Å². The number of aromatic nitrogens is 1. The Kier molecular flexibility index (Phi) is 8.30. The molecule has 1 saturated heterocycles. The molecule has 212 valence electrons. The van der Waals surface area contributed by atoms with Crippen molar-refractivity contribution >= 4 is 52.6 Å². The number of methoxy groups -OCH3 is 1. The van der Waals surface area contributed by atoms with E-state index >= 15 is 4.39 Å². The van der Waals surface area contributed by atoms with Crippen molar-refractivity contribution in [2.75, 3.05) is 30.0 Å². The summed E-state index contributed by atoms with van der Waals surface area (Å²) in [5.41, 5.74) is 9.21. The molecule has 10 heteroatoms. The smallest absolute Gasteiger partial charge is 0.411 e. The monoisotopic (exact) mass is 573 g/mol. The van der Waals surface area contributed by atoms with Crippen molar-refractivity contribution in [3.63, 3.8) is 0 Å². The molecule has 41 heavy (non-hydrogen) atoms. The van der Waals surface area contributed by atoms with Crippen molar-refractivity contribution in [3.8, 4) is 0 Å². The van der Waals surface area contributed by atoms with E-state index in [1.54, 1.807) is 41.4 Å². The number of nitrogen functional groups attached to an aromatic ring is 1. The van der Waals surface area contributed by atoms with Gasteiger partial charge in [-0.05, 0) is 84.3 Å². The van der Waals surface area contributed by atoms with Gasteiger partial charge in [-0.3, -0.25) is 10.1 Å². The molecule has 1 aliphatic rings. The molecule has 1 aliphatic heterocycles. The van der Waals surface area contributed by atoms with Gasteiger partial charge in [0.15, 0.2) is 0 Å². The van der Waals surface area contributed by atoms with Crippen molar-refractivity contribution in [1.82, 2.24) is 9.88 Å². The highest BCUT2D eigenvalue weighted by molar-refractivity contribution is 7.80. The minimum absolute atomic E-state index is 0.256. The number of likely N-dealkylation sites (tertiary alicyclic amines) is 1. The zero-order chi connectivity index (χ0) is 29.1. The fourth-order valence-electron chi connectivity index (χ4n) is 5.35. The van der Waals surface area contributed by atoms with Gasteiger partial charge in [-0.15, -0.1) is 12.6 Å². The first-order chi connectivity index (χ1) is 19.8. The number of hydrogen-bond donors (Lipinski definition) is 4. The summed E-state index contributed by atoms with van der Waals surface area (Å²) >= 11 is 4.66. The third-order valence-electron chi connectivity index (χ3n) is 7.49.